The number of amides is 2. The Morgan fingerprint density at radius 3 is 2.50 bits per heavy atom. The largest absolute Gasteiger partial charge is 0.385 e. The van der Waals surface area contributed by atoms with Gasteiger partial charge in [0.05, 0.1) is 6.04 Å². The van der Waals surface area contributed by atoms with Crippen molar-refractivity contribution in [3.8, 4) is 0 Å². The van der Waals surface area contributed by atoms with Crippen molar-refractivity contribution in [2.75, 3.05) is 33.4 Å². The van der Waals surface area contributed by atoms with Gasteiger partial charge in [-0.25, -0.2) is 0 Å². The number of carbonyl (C=O) groups excluding carboxylic acids is 2. The number of carbonyl (C=O) groups is 2. The molecule has 1 atom stereocenters. The maximum absolute atomic E-state index is 13.9. The van der Waals surface area contributed by atoms with E-state index in [1.807, 2.05) is 29.2 Å². The third kappa shape index (κ3) is 6.91. The Hall–Kier alpha value is -2.96. The Bertz CT molecular complexity index is 1190. The molecule has 0 spiro atoms. The van der Waals surface area contributed by atoms with Crippen molar-refractivity contribution in [1.82, 2.24) is 9.80 Å². The number of hydrogen-bond donors (Lipinski definition) is 0. The Labute approximate surface area is 231 Å². The molecular weight excluding hydrogens is 492 g/mol. The molecule has 0 saturated heterocycles. The van der Waals surface area contributed by atoms with Gasteiger partial charge in [-0.2, -0.15) is 0 Å². The minimum Gasteiger partial charge on any atom is -0.385 e. The molecule has 0 fully saturated rings. The summed E-state index contributed by atoms with van der Waals surface area (Å²) in [6, 6.07) is 18.4. The second-order valence-electron chi connectivity index (χ2n) is 10.2. The van der Waals surface area contributed by atoms with E-state index in [2.05, 4.69) is 49.6 Å². The van der Waals surface area contributed by atoms with Crippen molar-refractivity contribution in [2.45, 2.75) is 58.4 Å². The van der Waals surface area contributed by atoms with E-state index in [0.29, 0.717) is 31.7 Å². The molecule has 0 aliphatic carbocycles. The van der Waals surface area contributed by atoms with Gasteiger partial charge in [0.15, 0.2) is 0 Å². The van der Waals surface area contributed by atoms with Gasteiger partial charge in [0, 0.05) is 37.2 Å². The van der Waals surface area contributed by atoms with Crippen molar-refractivity contribution < 1.29 is 14.3 Å². The van der Waals surface area contributed by atoms with E-state index >= 15 is 0 Å². The Morgan fingerprint density at radius 1 is 1.03 bits per heavy atom. The maximum Gasteiger partial charge on any atom is 0.254 e. The van der Waals surface area contributed by atoms with Crippen molar-refractivity contribution in [3.63, 3.8) is 0 Å². The van der Waals surface area contributed by atoms with Crippen LogP contribution in [0, 0.1) is 6.92 Å². The molecule has 0 saturated carbocycles. The van der Waals surface area contributed by atoms with Crippen LogP contribution in [0.15, 0.2) is 60.0 Å². The first-order valence-corrected chi connectivity index (χ1v) is 14.7. The first-order valence-electron chi connectivity index (χ1n) is 13.8. The second kappa shape index (κ2) is 13.7. The summed E-state index contributed by atoms with van der Waals surface area (Å²) in [6.07, 6.45) is 6.11. The van der Waals surface area contributed by atoms with E-state index in [1.54, 1.807) is 23.3 Å². The van der Waals surface area contributed by atoms with E-state index in [1.165, 1.54) is 34.4 Å². The number of nitrogens with zero attached hydrogens (tertiary/aromatic N) is 2. The molecule has 4 rings (SSSR count). The molecule has 2 aromatic carbocycles. The highest BCUT2D eigenvalue weighted by atomic mass is 32.1. The molecule has 2 amide bonds. The third-order valence-corrected chi connectivity index (χ3v) is 8.34. The molecule has 1 unspecified atom stereocenters. The fourth-order valence-electron chi connectivity index (χ4n) is 5.18. The normalized spacial score (nSPS) is 14.8. The second-order valence-corrected chi connectivity index (χ2v) is 11.2. The van der Waals surface area contributed by atoms with Crippen LogP contribution in [0.3, 0.4) is 0 Å². The predicted octanol–water partition coefficient (Wildman–Crippen LogP) is 6.44. The van der Waals surface area contributed by atoms with Crippen molar-refractivity contribution in [1.29, 1.82) is 0 Å². The number of rotatable bonds is 12. The van der Waals surface area contributed by atoms with Gasteiger partial charge in [0.2, 0.25) is 5.91 Å². The number of fused-ring (bicyclic) bond motifs is 1. The summed E-state index contributed by atoms with van der Waals surface area (Å²) in [4.78, 5) is 32.5. The van der Waals surface area contributed by atoms with Gasteiger partial charge >= 0.3 is 0 Å². The van der Waals surface area contributed by atoms with E-state index in [9.17, 15) is 9.59 Å². The van der Waals surface area contributed by atoms with E-state index in [-0.39, 0.29) is 24.4 Å². The van der Waals surface area contributed by atoms with Gasteiger partial charge in [0.1, 0.15) is 6.54 Å². The van der Waals surface area contributed by atoms with Crippen LogP contribution in [0.4, 0.5) is 0 Å². The molecule has 202 valence electrons. The van der Waals surface area contributed by atoms with Gasteiger partial charge in [-0.1, -0.05) is 61.7 Å². The lowest BCUT2D eigenvalue weighted by atomic mass is 9.92. The molecule has 2 heterocycles. The van der Waals surface area contributed by atoms with Crippen molar-refractivity contribution in [2.24, 2.45) is 0 Å². The average Bonchev–Trinajstić information content (AvgIpc) is 3.42. The monoisotopic (exact) mass is 532 g/mol. The van der Waals surface area contributed by atoms with Crippen LogP contribution in [-0.4, -0.2) is 55.0 Å². The molecule has 6 heteroatoms. The molecule has 1 aromatic heterocycles. The van der Waals surface area contributed by atoms with Gasteiger partial charge in [-0.05, 0) is 72.9 Å². The number of benzene rings is 2. The summed E-state index contributed by atoms with van der Waals surface area (Å²) < 4.78 is 5.24. The first-order chi connectivity index (χ1) is 18.5. The number of unbranched alkanes of at least 4 members (excludes halogenated alkanes) is 2. The average molecular weight is 533 g/mol. The highest BCUT2D eigenvalue weighted by molar-refractivity contribution is 7.10. The highest BCUT2D eigenvalue weighted by Crippen LogP contribution is 2.38. The third-order valence-electron chi connectivity index (χ3n) is 7.34. The summed E-state index contributed by atoms with van der Waals surface area (Å²) in [7, 11) is 1.66. The minimum absolute atomic E-state index is 0.0191. The Morgan fingerprint density at radius 2 is 1.79 bits per heavy atom. The van der Waals surface area contributed by atoms with Crippen LogP contribution in [-0.2, 0) is 22.4 Å². The zero-order chi connectivity index (χ0) is 26.9. The highest BCUT2D eigenvalue weighted by Gasteiger charge is 2.34. The van der Waals surface area contributed by atoms with E-state index < -0.39 is 0 Å². The molecule has 38 heavy (non-hydrogen) atoms. The maximum atomic E-state index is 13.9. The molecule has 0 bridgehead atoms. The molecule has 0 N–H and O–H groups in total. The molecule has 1 aliphatic rings. The molecule has 3 aromatic rings. The first kappa shape index (κ1) is 28.1. The minimum atomic E-state index is -0.128. The van der Waals surface area contributed by atoms with E-state index in [0.717, 1.165) is 24.8 Å². The zero-order valence-electron chi connectivity index (χ0n) is 22.9. The smallest absolute Gasteiger partial charge is 0.254 e. The fraction of sp³-hybridized carbons (Fsp3) is 0.438. The zero-order valence-corrected chi connectivity index (χ0v) is 23.8. The van der Waals surface area contributed by atoms with Crippen LogP contribution in [0.5, 0.6) is 0 Å². The number of aryl methyl sites for hydroxylation is 2. The molecule has 0 radical (unpaired) electrons. The summed E-state index contributed by atoms with van der Waals surface area (Å²) in [5.41, 5.74) is 5.38. The van der Waals surface area contributed by atoms with Crippen molar-refractivity contribution in [3.05, 3.63) is 92.7 Å². The Balaban J connectivity index is 1.53. The molecule has 5 nitrogen and oxygen atoms in total. The van der Waals surface area contributed by atoms with Crippen LogP contribution in [0.1, 0.15) is 76.1 Å². The lowest BCUT2D eigenvalue weighted by Crippen LogP contribution is -2.47. The van der Waals surface area contributed by atoms with E-state index in [4.69, 9.17) is 4.74 Å². The van der Waals surface area contributed by atoms with Crippen LogP contribution >= 0.6 is 11.3 Å². The number of ether oxygens (including phenoxy) is 1. The SMILES string of the molecule is CCCCCc1ccc(C(=O)N(CCCOC)CC(=O)N2CCc3sccc3C2c2ccc(C)cc2)cc1. The standard InChI is InChI=1S/C32H40N2O3S/c1-4-5-6-8-25-11-15-27(16-12-25)32(36)33(19-7-21-37-3)23-30(35)34-20-17-29-28(18-22-38-29)31(34)26-13-9-24(2)10-14-26/h9-16,18,22,31H,4-8,17,19-21,23H2,1-3H3. The Kier molecular flexibility index (Phi) is 10.1. The molecule has 1 aliphatic heterocycles. The summed E-state index contributed by atoms with van der Waals surface area (Å²) in [6.45, 7) is 6.00. The predicted molar refractivity (Wildman–Crippen MR) is 155 cm³/mol. The summed E-state index contributed by atoms with van der Waals surface area (Å²) in [5.74, 6) is -0.121. The van der Waals surface area contributed by atoms with Crippen LogP contribution < -0.4 is 0 Å². The lowest BCUT2D eigenvalue weighted by Gasteiger charge is -2.37. The number of thiophene rings is 1. The van der Waals surface area contributed by atoms with Crippen LogP contribution in [0.2, 0.25) is 0 Å². The number of hydrogen-bond acceptors (Lipinski definition) is 4. The quantitative estimate of drug-likeness (QED) is 0.252. The fourth-order valence-corrected chi connectivity index (χ4v) is 6.08. The van der Waals surface area contributed by atoms with Crippen molar-refractivity contribution >= 4 is 23.2 Å². The van der Waals surface area contributed by atoms with Gasteiger partial charge in [-0.3, -0.25) is 9.59 Å². The van der Waals surface area contributed by atoms with Gasteiger partial charge < -0.3 is 14.5 Å². The van der Waals surface area contributed by atoms with Gasteiger partial charge in [0.25, 0.3) is 5.91 Å². The molecular formula is C32H40N2O3S. The van der Waals surface area contributed by atoms with Crippen LogP contribution in [0.25, 0.3) is 0 Å². The van der Waals surface area contributed by atoms with Gasteiger partial charge in [-0.15, -0.1) is 11.3 Å². The number of methoxy groups -OCH3 is 1. The summed E-state index contributed by atoms with van der Waals surface area (Å²) >= 11 is 1.76. The topological polar surface area (TPSA) is 49.9 Å². The lowest BCUT2D eigenvalue weighted by molar-refractivity contribution is -0.134. The summed E-state index contributed by atoms with van der Waals surface area (Å²) in [5, 5.41) is 2.12.